The van der Waals surface area contributed by atoms with Crippen molar-refractivity contribution >= 4 is 15.9 Å². The van der Waals surface area contributed by atoms with Crippen molar-refractivity contribution in [2.75, 3.05) is 25.0 Å². The fourth-order valence-electron chi connectivity index (χ4n) is 4.75. The van der Waals surface area contributed by atoms with E-state index in [4.69, 9.17) is 0 Å². The Hall–Kier alpha value is 0.440. The van der Waals surface area contributed by atoms with Gasteiger partial charge in [0.05, 0.1) is 0 Å². The molecule has 1 heterocycles. The molecule has 3 fully saturated rings. The minimum atomic E-state index is 0.626. The summed E-state index contributed by atoms with van der Waals surface area (Å²) in [4.78, 5) is 2.82. The maximum Gasteiger partial charge on any atom is 0.0100 e. The third-order valence-corrected chi connectivity index (χ3v) is 7.07. The van der Waals surface area contributed by atoms with Gasteiger partial charge in [0.1, 0.15) is 0 Å². The fraction of sp³-hybridized carbons (Fsp3) is 1.00. The highest BCUT2D eigenvalue weighted by Gasteiger charge is 2.37. The van der Waals surface area contributed by atoms with Crippen LogP contribution in [0.15, 0.2) is 0 Å². The molecule has 0 bridgehead atoms. The zero-order chi connectivity index (χ0) is 12.4. The molecule has 1 saturated heterocycles. The number of hydrogen-bond acceptors (Lipinski definition) is 1. The molecule has 2 atom stereocenters. The average Bonchev–Trinajstić information content (AvgIpc) is 2.88. The van der Waals surface area contributed by atoms with Crippen LogP contribution in [0, 0.1) is 17.3 Å². The lowest BCUT2D eigenvalue weighted by atomic mass is 9.74. The highest BCUT2D eigenvalue weighted by atomic mass is 79.9. The van der Waals surface area contributed by atoms with Gasteiger partial charge in [-0.1, -0.05) is 48.0 Å². The lowest BCUT2D eigenvalue weighted by Gasteiger charge is -2.44. The van der Waals surface area contributed by atoms with E-state index in [0.29, 0.717) is 5.41 Å². The monoisotopic (exact) mass is 313 g/mol. The summed E-state index contributed by atoms with van der Waals surface area (Å²) < 4.78 is 0. The molecule has 3 aliphatic rings. The number of alkyl halides is 1. The number of rotatable bonds is 3. The van der Waals surface area contributed by atoms with E-state index < -0.39 is 0 Å². The molecule has 2 unspecified atom stereocenters. The second-order valence-corrected chi connectivity index (χ2v) is 7.73. The lowest BCUT2D eigenvalue weighted by Crippen LogP contribution is -2.46. The van der Waals surface area contributed by atoms with Crippen LogP contribution >= 0.6 is 15.9 Å². The van der Waals surface area contributed by atoms with Crippen LogP contribution in [0.5, 0.6) is 0 Å². The van der Waals surface area contributed by atoms with Gasteiger partial charge in [0.15, 0.2) is 0 Å². The van der Waals surface area contributed by atoms with Crippen LogP contribution in [-0.2, 0) is 0 Å². The quantitative estimate of drug-likeness (QED) is 0.696. The third kappa shape index (κ3) is 2.80. The van der Waals surface area contributed by atoms with Crippen LogP contribution in [0.25, 0.3) is 0 Å². The molecule has 2 heteroatoms. The number of likely N-dealkylation sites (tertiary alicyclic amines) is 1. The number of fused-ring (bicyclic) bond motifs is 1. The Labute approximate surface area is 121 Å². The Morgan fingerprint density at radius 2 is 1.67 bits per heavy atom. The van der Waals surface area contributed by atoms with Gasteiger partial charge < -0.3 is 4.90 Å². The fourth-order valence-corrected chi connectivity index (χ4v) is 5.49. The molecule has 0 spiro atoms. The summed E-state index contributed by atoms with van der Waals surface area (Å²) in [6, 6.07) is 0. The smallest absolute Gasteiger partial charge is 0.0100 e. The summed E-state index contributed by atoms with van der Waals surface area (Å²) in [5.74, 6) is 2.12. The maximum absolute atomic E-state index is 3.80. The molecule has 104 valence electrons. The number of halogens is 1. The summed E-state index contributed by atoms with van der Waals surface area (Å²) >= 11 is 3.80. The summed E-state index contributed by atoms with van der Waals surface area (Å²) in [7, 11) is 0. The molecule has 0 aromatic carbocycles. The van der Waals surface area contributed by atoms with E-state index in [1.807, 2.05) is 0 Å². The topological polar surface area (TPSA) is 3.24 Å². The van der Waals surface area contributed by atoms with Gasteiger partial charge in [-0.3, -0.25) is 0 Å². The Morgan fingerprint density at radius 3 is 2.39 bits per heavy atom. The lowest BCUT2D eigenvalue weighted by molar-refractivity contribution is 0.0591. The van der Waals surface area contributed by atoms with Crippen LogP contribution in [0.4, 0.5) is 0 Å². The van der Waals surface area contributed by atoms with Crippen LogP contribution in [0.2, 0.25) is 0 Å². The Kier molecular flexibility index (Phi) is 4.35. The van der Waals surface area contributed by atoms with Gasteiger partial charge in [0, 0.05) is 18.4 Å². The number of nitrogens with zero attached hydrogens (tertiary/aromatic N) is 1. The minimum Gasteiger partial charge on any atom is -0.302 e. The highest BCUT2D eigenvalue weighted by Crippen LogP contribution is 2.42. The molecule has 0 amide bonds. The number of piperidine rings is 1. The second kappa shape index (κ2) is 5.83. The van der Waals surface area contributed by atoms with Crippen molar-refractivity contribution in [3.63, 3.8) is 0 Å². The van der Waals surface area contributed by atoms with Crippen molar-refractivity contribution in [1.82, 2.24) is 4.90 Å². The van der Waals surface area contributed by atoms with Crippen molar-refractivity contribution in [2.24, 2.45) is 17.3 Å². The third-order valence-electron chi connectivity index (χ3n) is 5.88. The average molecular weight is 314 g/mol. The van der Waals surface area contributed by atoms with Crippen molar-refractivity contribution < 1.29 is 0 Å². The molecule has 0 aromatic heterocycles. The number of hydrogen-bond donors (Lipinski definition) is 0. The van der Waals surface area contributed by atoms with E-state index in [2.05, 4.69) is 20.8 Å². The van der Waals surface area contributed by atoms with Crippen molar-refractivity contribution in [1.29, 1.82) is 0 Å². The van der Waals surface area contributed by atoms with Crippen molar-refractivity contribution in [3.8, 4) is 0 Å². The Bertz CT molecular complexity index is 272. The van der Waals surface area contributed by atoms with E-state index >= 15 is 0 Å². The molecule has 2 aliphatic carbocycles. The molecular formula is C16H28BrN. The van der Waals surface area contributed by atoms with E-state index in [1.54, 1.807) is 0 Å². The van der Waals surface area contributed by atoms with Gasteiger partial charge >= 0.3 is 0 Å². The van der Waals surface area contributed by atoms with Crippen molar-refractivity contribution in [2.45, 2.75) is 57.8 Å². The van der Waals surface area contributed by atoms with E-state index in [1.165, 1.54) is 82.8 Å². The van der Waals surface area contributed by atoms with E-state index in [-0.39, 0.29) is 0 Å². The first-order valence-corrected chi connectivity index (χ1v) is 9.22. The van der Waals surface area contributed by atoms with Gasteiger partial charge in [-0.25, -0.2) is 0 Å². The first-order valence-electron chi connectivity index (χ1n) is 8.10. The predicted octanol–water partition coefficient (Wildman–Crippen LogP) is 4.45. The maximum atomic E-state index is 3.80. The van der Waals surface area contributed by atoms with Crippen molar-refractivity contribution in [3.05, 3.63) is 0 Å². The summed E-state index contributed by atoms with van der Waals surface area (Å²) in [6.07, 6.45) is 13.4. The molecule has 0 radical (unpaired) electrons. The van der Waals surface area contributed by atoms with Crippen LogP contribution in [0.1, 0.15) is 57.8 Å². The molecule has 1 aliphatic heterocycles. The Balaban J connectivity index is 1.57. The van der Waals surface area contributed by atoms with Crippen LogP contribution < -0.4 is 0 Å². The summed E-state index contributed by atoms with van der Waals surface area (Å²) in [5, 5.41) is 1.23. The van der Waals surface area contributed by atoms with Crippen LogP contribution in [-0.4, -0.2) is 29.9 Å². The van der Waals surface area contributed by atoms with E-state index in [0.717, 1.165) is 11.8 Å². The standard InChI is InChI=1S/C16H28BrN/c17-12-16(8-3-4-9-16)13-18-10-7-14-5-1-2-6-15(14)11-18/h14-15H,1-13H2. The predicted molar refractivity (Wildman–Crippen MR) is 81.2 cm³/mol. The highest BCUT2D eigenvalue weighted by molar-refractivity contribution is 9.09. The second-order valence-electron chi connectivity index (χ2n) is 7.17. The van der Waals surface area contributed by atoms with Gasteiger partial charge in [0.2, 0.25) is 0 Å². The Morgan fingerprint density at radius 1 is 0.944 bits per heavy atom. The largest absolute Gasteiger partial charge is 0.302 e. The molecule has 3 rings (SSSR count). The zero-order valence-corrected chi connectivity index (χ0v) is 13.3. The molecular weight excluding hydrogens is 286 g/mol. The summed E-state index contributed by atoms with van der Waals surface area (Å²) in [5.41, 5.74) is 0.626. The van der Waals surface area contributed by atoms with Crippen LogP contribution in [0.3, 0.4) is 0 Å². The first kappa shape index (κ1) is 13.4. The first-order chi connectivity index (χ1) is 8.81. The SMILES string of the molecule is BrCC1(CN2CCC3CCCCC3C2)CCCC1. The molecule has 0 aromatic rings. The van der Waals surface area contributed by atoms with Gasteiger partial charge in [0.25, 0.3) is 0 Å². The molecule has 18 heavy (non-hydrogen) atoms. The zero-order valence-electron chi connectivity index (χ0n) is 11.7. The molecule has 2 saturated carbocycles. The van der Waals surface area contributed by atoms with Gasteiger partial charge in [-0.15, -0.1) is 0 Å². The van der Waals surface area contributed by atoms with E-state index in [9.17, 15) is 0 Å². The normalized spacial score (nSPS) is 36.5. The molecule has 1 nitrogen and oxygen atoms in total. The van der Waals surface area contributed by atoms with Gasteiger partial charge in [-0.2, -0.15) is 0 Å². The van der Waals surface area contributed by atoms with Gasteiger partial charge in [-0.05, 0) is 49.5 Å². The minimum absolute atomic E-state index is 0.626. The molecule has 0 N–H and O–H groups in total. The summed E-state index contributed by atoms with van der Waals surface area (Å²) in [6.45, 7) is 4.18.